The minimum atomic E-state index is -1.86. The van der Waals surface area contributed by atoms with E-state index in [4.69, 9.17) is 13.9 Å². The van der Waals surface area contributed by atoms with Crippen molar-refractivity contribution in [1.82, 2.24) is 0 Å². The van der Waals surface area contributed by atoms with Gasteiger partial charge in [0.1, 0.15) is 0 Å². The number of carbonyl (C=O) groups is 2. The van der Waals surface area contributed by atoms with E-state index in [9.17, 15) is 9.59 Å². The zero-order valence-corrected chi connectivity index (χ0v) is 24.3. The quantitative estimate of drug-likeness (QED) is 0.137. The van der Waals surface area contributed by atoms with Crippen LogP contribution in [0.1, 0.15) is 80.1 Å². The minimum Gasteiger partial charge on any atom is -0.463 e. The third kappa shape index (κ3) is 7.66. The van der Waals surface area contributed by atoms with Crippen molar-refractivity contribution in [3.63, 3.8) is 0 Å². The van der Waals surface area contributed by atoms with E-state index in [1.807, 2.05) is 13.0 Å². The van der Waals surface area contributed by atoms with E-state index in [0.29, 0.717) is 37.6 Å². The summed E-state index contributed by atoms with van der Waals surface area (Å²) >= 11 is 0. The van der Waals surface area contributed by atoms with Crippen LogP contribution in [0.3, 0.4) is 0 Å². The Morgan fingerprint density at radius 1 is 1.00 bits per heavy atom. The Balaban J connectivity index is 2.29. The molecule has 5 nitrogen and oxygen atoms in total. The second-order valence-corrected chi connectivity index (χ2v) is 16.5. The first-order valence-electron chi connectivity index (χ1n) is 13.4. The highest BCUT2D eigenvalue weighted by molar-refractivity contribution is 6.74. The van der Waals surface area contributed by atoms with Gasteiger partial charge in [-0.15, -0.1) is 0 Å². The molecule has 0 N–H and O–H groups in total. The lowest BCUT2D eigenvalue weighted by molar-refractivity contribution is -0.138. The molecule has 2 fully saturated rings. The van der Waals surface area contributed by atoms with Crippen molar-refractivity contribution in [3.8, 4) is 0 Å². The molecule has 1 unspecified atom stereocenters. The predicted molar refractivity (Wildman–Crippen MR) is 144 cm³/mol. The van der Waals surface area contributed by atoms with Crippen LogP contribution in [0.5, 0.6) is 0 Å². The summed E-state index contributed by atoms with van der Waals surface area (Å²) in [6.07, 6.45) is 15.5. The van der Waals surface area contributed by atoms with Gasteiger partial charge in [0, 0.05) is 18.3 Å². The maximum atomic E-state index is 11.9. The molecule has 0 aliphatic heterocycles. The van der Waals surface area contributed by atoms with Gasteiger partial charge in [-0.2, -0.15) is 0 Å². The predicted octanol–water partition coefficient (Wildman–Crippen LogP) is 7.15. The van der Waals surface area contributed by atoms with Crippen LogP contribution in [0.4, 0.5) is 0 Å². The molecule has 198 valence electrons. The Bertz CT molecular complexity index is 819. The second-order valence-electron chi connectivity index (χ2n) is 11.8. The van der Waals surface area contributed by atoms with Gasteiger partial charge in [0.25, 0.3) is 0 Å². The maximum Gasteiger partial charge on any atom is 0.330 e. The third-order valence-corrected chi connectivity index (χ3v) is 13.0. The monoisotopic (exact) mass is 504 g/mol. The number of allylic oxidation sites excluding steroid dienone is 4. The topological polar surface area (TPSA) is 61.8 Å². The van der Waals surface area contributed by atoms with Gasteiger partial charge in [-0.25, -0.2) is 9.59 Å². The molecule has 0 aromatic heterocycles. The molecule has 35 heavy (non-hydrogen) atoms. The van der Waals surface area contributed by atoms with Crippen LogP contribution in [-0.4, -0.2) is 39.6 Å². The molecule has 0 spiro atoms. The molecular formula is C29H48O5Si. The van der Waals surface area contributed by atoms with Crippen LogP contribution in [0.15, 0.2) is 36.0 Å². The van der Waals surface area contributed by atoms with Gasteiger partial charge in [0.05, 0.1) is 13.2 Å². The molecule has 0 bridgehead atoms. The van der Waals surface area contributed by atoms with Crippen molar-refractivity contribution in [2.45, 2.75) is 104 Å². The van der Waals surface area contributed by atoms with Gasteiger partial charge in [-0.3, -0.25) is 0 Å². The minimum absolute atomic E-state index is 0.145. The van der Waals surface area contributed by atoms with Crippen molar-refractivity contribution in [1.29, 1.82) is 0 Å². The summed E-state index contributed by atoms with van der Waals surface area (Å²) in [5, 5.41) is 0.194. The molecule has 0 heterocycles. The molecule has 6 heteroatoms. The maximum absolute atomic E-state index is 11.9. The Morgan fingerprint density at radius 3 is 2.23 bits per heavy atom. The summed E-state index contributed by atoms with van der Waals surface area (Å²) in [6, 6.07) is 0. The van der Waals surface area contributed by atoms with Crippen LogP contribution in [0.25, 0.3) is 0 Å². The third-order valence-electron chi connectivity index (χ3n) is 8.49. The first-order valence-corrected chi connectivity index (χ1v) is 16.3. The van der Waals surface area contributed by atoms with E-state index < -0.39 is 8.32 Å². The molecule has 0 radical (unpaired) electrons. The smallest absolute Gasteiger partial charge is 0.330 e. The van der Waals surface area contributed by atoms with Crippen LogP contribution in [0.2, 0.25) is 18.1 Å². The normalized spacial score (nSPS) is 27.9. The Hall–Kier alpha value is -1.66. The van der Waals surface area contributed by atoms with Gasteiger partial charge in [-0.1, -0.05) is 57.9 Å². The van der Waals surface area contributed by atoms with Crippen LogP contribution in [0, 0.1) is 17.3 Å². The highest BCUT2D eigenvalue weighted by Gasteiger charge is 2.54. The van der Waals surface area contributed by atoms with E-state index in [2.05, 4.69) is 46.9 Å². The highest BCUT2D eigenvalue weighted by Crippen LogP contribution is 2.59. The number of hydrogen-bond acceptors (Lipinski definition) is 5. The lowest BCUT2D eigenvalue weighted by atomic mass is 9.62. The lowest BCUT2D eigenvalue weighted by Crippen LogP contribution is -2.50. The van der Waals surface area contributed by atoms with Crippen molar-refractivity contribution >= 4 is 20.3 Å². The van der Waals surface area contributed by atoms with Crippen LogP contribution in [-0.2, 0) is 23.5 Å². The largest absolute Gasteiger partial charge is 0.463 e. The molecule has 4 atom stereocenters. The molecule has 0 aromatic rings. The zero-order chi connectivity index (χ0) is 26.3. The molecule has 0 aromatic carbocycles. The van der Waals surface area contributed by atoms with E-state index in [0.717, 1.165) is 19.3 Å². The fourth-order valence-electron chi connectivity index (χ4n) is 5.67. The SMILES string of the molecule is CCOC(=O)C=C/C=C(/C/C=C/C(=O)OCC)[C@H]1CCC2[C@@H](O[Si](C)(C)C(C)(C)C)CCC[C@@]21C. The van der Waals surface area contributed by atoms with Crippen molar-refractivity contribution in [2.75, 3.05) is 13.2 Å². The number of rotatable bonds is 10. The average molecular weight is 505 g/mol. The molecule has 0 saturated heterocycles. The Kier molecular flexibility index (Phi) is 10.6. The van der Waals surface area contributed by atoms with Gasteiger partial charge in [-0.05, 0) is 81.3 Å². The van der Waals surface area contributed by atoms with Crippen molar-refractivity contribution < 1.29 is 23.5 Å². The summed E-state index contributed by atoms with van der Waals surface area (Å²) in [4.78, 5) is 23.7. The van der Waals surface area contributed by atoms with Gasteiger partial charge in [0.2, 0.25) is 0 Å². The number of ether oxygens (including phenoxy) is 2. The first kappa shape index (κ1) is 29.6. The second kappa shape index (κ2) is 12.5. The highest BCUT2D eigenvalue weighted by atomic mass is 28.4. The standard InChI is InChI=1S/C29H48O5Si/c1-9-32-26(30)17-11-14-22(15-12-18-27(31)33-10-2)23-19-20-24-25(16-13-21-29(23,24)6)34-35(7,8)28(3,4)5/h11-12,14,17-18,23-25H,9-10,13,15-16,19-21H2,1-8H3/b17-11?,18-12+,22-14-/t23-,24?,25+,29-/m1/s1. The molecule has 2 rings (SSSR count). The molecule has 0 amide bonds. The van der Waals surface area contributed by atoms with Gasteiger partial charge in [0.15, 0.2) is 8.32 Å². The number of esters is 2. The Morgan fingerprint density at radius 2 is 1.63 bits per heavy atom. The summed E-state index contributed by atoms with van der Waals surface area (Å²) in [6.45, 7) is 18.4. The van der Waals surface area contributed by atoms with E-state index in [1.54, 1.807) is 13.0 Å². The summed E-state index contributed by atoms with van der Waals surface area (Å²) < 4.78 is 17.1. The lowest BCUT2D eigenvalue weighted by Gasteiger charge is -2.49. The fraction of sp³-hybridized carbons (Fsp3) is 0.724. The van der Waals surface area contributed by atoms with E-state index in [1.165, 1.54) is 30.6 Å². The zero-order valence-electron chi connectivity index (χ0n) is 23.3. The number of fused-ring (bicyclic) bond motifs is 1. The summed E-state index contributed by atoms with van der Waals surface area (Å²) in [7, 11) is -1.86. The molecule has 2 aliphatic rings. The number of carbonyl (C=O) groups excluding carboxylic acids is 2. The molecule has 2 aliphatic carbocycles. The molecule has 2 saturated carbocycles. The van der Waals surface area contributed by atoms with Crippen molar-refractivity contribution in [2.24, 2.45) is 17.3 Å². The van der Waals surface area contributed by atoms with Crippen molar-refractivity contribution in [3.05, 3.63) is 36.0 Å². The summed E-state index contributed by atoms with van der Waals surface area (Å²) in [5.74, 6) is 0.268. The van der Waals surface area contributed by atoms with E-state index >= 15 is 0 Å². The average Bonchev–Trinajstić information content (AvgIpc) is 3.10. The van der Waals surface area contributed by atoms with Crippen LogP contribution < -0.4 is 0 Å². The fourth-order valence-corrected chi connectivity index (χ4v) is 7.07. The summed E-state index contributed by atoms with van der Waals surface area (Å²) in [5.41, 5.74) is 1.40. The molecular weight excluding hydrogens is 456 g/mol. The Labute approximate surface area is 214 Å². The van der Waals surface area contributed by atoms with Crippen LogP contribution >= 0.6 is 0 Å². The van der Waals surface area contributed by atoms with E-state index in [-0.39, 0.29) is 22.4 Å². The first-order chi connectivity index (χ1) is 16.4. The van der Waals surface area contributed by atoms with Gasteiger partial charge >= 0.3 is 11.9 Å². The van der Waals surface area contributed by atoms with Gasteiger partial charge < -0.3 is 13.9 Å². The number of hydrogen-bond donors (Lipinski definition) is 0.